The van der Waals surface area contributed by atoms with E-state index < -0.39 is 17.6 Å². The number of imidazole rings is 1. The molecule has 2 fully saturated rings. The van der Waals surface area contributed by atoms with Gasteiger partial charge in [0.15, 0.2) is 11.6 Å². The second-order valence-electron chi connectivity index (χ2n) is 10.6. The number of halogens is 2. The third kappa shape index (κ3) is 5.91. The van der Waals surface area contributed by atoms with Crippen molar-refractivity contribution in [3.8, 4) is 11.8 Å². The van der Waals surface area contributed by atoms with Crippen LogP contribution in [-0.2, 0) is 24.4 Å². The van der Waals surface area contributed by atoms with Crippen molar-refractivity contribution in [3.63, 3.8) is 0 Å². The second kappa shape index (κ2) is 11.8. The molecular formula is C31H29F2N5O4. The van der Waals surface area contributed by atoms with E-state index >= 15 is 0 Å². The van der Waals surface area contributed by atoms with Gasteiger partial charge in [0.25, 0.3) is 0 Å². The van der Waals surface area contributed by atoms with E-state index in [9.17, 15) is 18.7 Å². The molecule has 2 N–H and O–H groups in total. The molecule has 2 aliphatic heterocycles. The molecule has 0 radical (unpaired) electrons. The van der Waals surface area contributed by atoms with Gasteiger partial charge >= 0.3 is 5.97 Å². The van der Waals surface area contributed by atoms with E-state index in [-0.39, 0.29) is 41.2 Å². The summed E-state index contributed by atoms with van der Waals surface area (Å²) in [6.07, 6.45) is 1.91. The van der Waals surface area contributed by atoms with Crippen LogP contribution in [0.2, 0.25) is 0 Å². The zero-order valence-electron chi connectivity index (χ0n) is 22.7. The highest BCUT2D eigenvalue weighted by molar-refractivity contribution is 5.92. The number of aromatic nitrogens is 2. The number of nitriles is 1. The van der Waals surface area contributed by atoms with E-state index in [1.54, 1.807) is 30.3 Å². The van der Waals surface area contributed by atoms with Crippen molar-refractivity contribution in [2.45, 2.75) is 44.7 Å². The van der Waals surface area contributed by atoms with Gasteiger partial charge in [-0.1, -0.05) is 6.07 Å². The number of nitrogens with one attached hydrogen (secondary N) is 1. The van der Waals surface area contributed by atoms with Gasteiger partial charge in [0.1, 0.15) is 18.2 Å². The van der Waals surface area contributed by atoms with Gasteiger partial charge in [-0.15, -0.1) is 0 Å². The molecule has 42 heavy (non-hydrogen) atoms. The second-order valence-corrected chi connectivity index (χ2v) is 10.6. The summed E-state index contributed by atoms with van der Waals surface area (Å²) in [6.45, 7) is 3.33. The van der Waals surface area contributed by atoms with E-state index in [1.165, 1.54) is 18.2 Å². The molecule has 0 spiro atoms. The van der Waals surface area contributed by atoms with Gasteiger partial charge in [0, 0.05) is 43.1 Å². The van der Waals surface area contributed by atoms with Crippen molar-refractivity contribution in [2.24, 2.45) is 0 Å². The molecule has 0 saturated carbocycles. The highest BCUT2D eigenvalue weighted by Gasteiger charge is 2.27. The van der Waals surface area contributed by atoms with Gasteiger partial charge in [-0.05, 0) is 55.3 Å². The molecule has 2 atom stereocenters. The lowest BCUT2D eigenvalue weighted by Crippen LogP contribution is -2.33. The average molecular weight is 574 g/mol. The number of hydrogen-bond acceptors (Lipinski definition) is 7. The first kappa shape index (κ1) is 27.6. The largest absolute Gasteiger partial charge is 0.486 e. The van der Waals surface area contributed by atoms with E-state index in [2.05, 4.69) is 14.8 Å². The Morgan fingerprint density at radius 2 is 2.00 bits per heavy atom. The van der Waals surface area contributed by atoms with Gasteiger partial charge < -0.3 is 24.5 Å². The number of benzene rings is 3. The summed E-state index contributed by atoms with van der Waals surface area (Å²) in [4.78, 5) is 18.7. The van der Waals surface area contributed by atoms with Crippen LogP contribution in [0.5, 0.6) is 5.75 Å². The number of carbonyl (C=O) groups is 1. The predicted octanol–water partition coefficient (Wildman–Crippen LogP) is 4.94. The zero-order chi connectivity index (χ0) is 29.2. The number of aromatic carboxylic acids is 1. The lowest BCUT2D eigenvalue weighted by atomic mass is 10.1. The van der Waals surface area contributed by atoms with Crippen LogP contribution in [0.1, 0.15) is 40.2 Å². The van der Waals surface area contributed by atoms with Crippen molar-refractivity contribution >= 4 is 22.7 Å². The molecule has 0 aliphatic carbocycles. The molecule has 0 bridgehead atoms. The lowest BCUT2D eigenvalue weighted by molar-refractivity contribution is -0.0591. The van der Waals surface area contributed by atoms with Crippen LogP contribution < -0.4 is 10.1 Å². The monoisotopic (exact) mass is 573 g/mol. The van der Waals surface area contributed by atoms with Crippen molar-refractivity contribution in [3.05, 3.63) is 88.7 Å². The molecule has 4 aromatic rings. The molecule has 0 amide bonds. The van der Waals surface area contributed by atoms with Crippen molar-refractivity contribution in [1.82, 2.24) is 14.5 Å². The van der Waals surface area contributed by atoms with Crippen LogP contribution in [0.25, 0.3) is 11.0 Å². The summed E-state index contributed by atoms with van der Waals surface area (Å²) in [6, 6.07) is 15.6. The Bertz CT molecular complexity index is 1680. The molecule has 2 unspecified atom stereocenters. The molecule has 6 rings (SSSR count). The average Bonchev–Trinajstić information content (AvgIpc) is 3.54. The minimum absolute atomic E-state index is 0.00581. The van der Waals surface area contributed by atoms with Crippen LogP contribution in [0.3, 0.4) is 0 Å². The maximum Gasteiger partial charge on any atom is 0.335 e. The fraction of sp³-hybridized carbons (Fsp3) is 0.323. The molecule has 9 nitrogen and oxygen atoms in total. The Morgan fingerprint density at radius 3 is 2.74 bits per heavy atom. The summed E-state index contributed by atoms with van der Waals surface area (Å²) in [5.41, 5.74) is 2.88. The fourth-order valence-electron chi connectivity index (χ4n) is 5.39. The third-order valence-corrected chi connectivity index (χ3v) is 7.76. The van der Waals surface area contributed by atoms with E-state index in [1.807, 2.05) is 6.07 Å². The Hall–Kier alpha value is -4.53. The quantitative estimate of drug-likeness (QED) is 0.275. The van der Waals surface area contributed by atoms with Gasteiger partial charge in [0.2, 0.25) is 0 Å². The van der Waals surface area contributed by atoms with Gasteiger partial charge in [-0.2, -0.15) is 5.26 Å². The number of fused-ring (bicyclic) bond motifs is 1. The van der Waals surface area contributed by atoms with Crippen molar-refractivity contribution in [2.75, 3.05) is 25.0 Å². The Morgan fingerprint density at radius 1 is 1.14 bits per heavy atom. The summed E-state index contributed by atoms with van der Waals surface area (Å²) < 4.78 is 42.0. The van der Waals surface area contributed by atoms with Crippen LogP contribution in [-0.4, -0.2) is 57.4 Å². The predicted molar refractivity (Wildman–Crippen MR) is 150 cm³/mol. The van der Waals surface area contributed by atoms with Gasteiger partial charge in [-0.3, -0.25) is 4.90 Å². The molecule has 3 heterocycles. The molecule has 216 valence electrons. The molecule has 11 heteroatoms. The highest BCUT2D eigenvalue weighted by Crippen LogP contribution is 2.27. The maximum atomic E-state index is 14.5. The summed E-state index contributed by atoms with van der Waals surface area (Å²) >= 11 is 0. The summed E-state index contributed by atoms with van der Waals surface area (Å²) in [5.74, 6) is -1.24. The number of anilines is 1. The summed E-state index contributed by atoms with van der Waals surface area (Å²) in [5, 5.41) is 21.8. The maximum absolute atomic E-state index is 14.5. The van der Waals surface area contributed by atoms with Crippen LogP contribution >= 0.6 is 0 Å². The van der Waals surface area contributed by atoms with E-state index in [0.717, 1.165) is 55.5 Å². The first-order valence-corrected chi connectivity index (χ1v) is 13.8. The number of ether oxygens (including phenoxy) is 2. The Labute approximate surface area is 240 Å². The van der Waals surface area contributed by atoms with E-state index in [0.29, 0.717) is 18.8 Å². The van der Waals surface area contributed by atoms with Crippen LogP contribution in [0.4, 0.5) is 14.5 Å². The zero-order valence-corrected chi connectivity index (χ0v) is 22.7. The van der Waals surface area contributed by atoms with Crippen molar-refractivity contribution < 1.29 is 28.2 Å². The standard InChI is InChI=1S/C31H29F2N5O4/c32-25-5-4-22(13-29(25)42-18-21-2-1-19(14-34)11-26(21)33)35-23-7-9-37(15-23)17-30-36-27-6-3-20(31(39)40)12-28(27)38(30)16-24-8-10-41-24/h1-6,11-13,23-24,35H,7-10,15-18H2,(H,39,40). The lowest BCUT2D eigenvalue weighted by Gasteiger charge is -2.28. The van der Waals surface area contributed by atoms with Gasteiger partial charge in [0.05, 0.1) is 47.4 Å². The Kier molecular flexibility index (Phi) is 7.73. The smallest absolute Gasteiger partial charge is 0.335 e. The molecule has 3 aromatic carbocycles. The number of carboxylic acids is 1. The van der Waals surface area contributed by atoms with Crippen molar-refractivity contribution in [1.29, 1.82) is 5.26 Å². The fourth-order valence-corrected chi connectivity index (χ4v) is 5.39. The number of rotatable bonds is 10. The first-order valence-electron chi connectivity index (χ1n) is 13.8. The van der Waals surface area contributed by atoms with Gasteiger partial charge in [-0.25, -0.2) is 18.6 Å². The topological polar surface area (TPSA) is 113 Å². The number of carboxylic acid groups (broad SMARTS) is 1. The SMILES string of the molecule is N#Cc1ccc(COc2cc(NC3CCN(Cc4nc5ccc(C(=O)O)cc5n4CC4CCO4)C3)ccc2F)c(F)c1. The number of likely N-dealkylation sites (tertiary alicyclic amines) is 1. The van der Waals surface area contributed by atoms with Crippen LogP contribution in [0.15, 0.2) is 54.6 Å². The molecule has 2 aliphatic rings. The number of nitrogens with zero attached hydrogens (tertiary/aromatic N) is 4. The number of hydrogen-bond donors (Lipinski definition) is 2. The minimum atomic E-state index is -0.977. The summed E-state index contributed by atoms with van der Waals surface area (Å²) in [7, 11) is 0. The Balaban J connectivity index is 1.11. The molecule has 1 aromatic heterocycles. The molecular weight excluding hydrogens is 544 g/mol. The molecule has 2 saturated heterocycles. The van der Waals surface area contributed by atoms with E-state index in [4.69, 9.17) is 19.7 Å². The minimum Gasteiger partial charge on any atom is -0.486 e. The highest BCUT2D eigenvalue weighted by atomic mass is 19.1. The third-order valence-electron chi connectivity index (χ3n) is 7.76. The normalized spacial score (nSPS) is 18.5. The first-order chi connectivity index (χ1) is 20.4. The van der Waals surface area contributed by atoms with Crippen LogP contribution in [0, 0.1) is 23.0 Å².